The summed E-state index contributed by atoms with van der Waals surface area (Å²) in [6, 6.07) is 9.70. The highest BCUT2D eigenvalue weighted by atomic mass is 16.7. The lowest BCUT2D eigenvalue weighted by molar-refractivity contribution is 0.0222. The largest absolute Gasteiger partial charge is 0.483 e. The molecule has 23 heavy (non-hydrogen) atoms. The molecule has 0 aliphatic carbocycles. The maximum absolute atomic E-state index is 5.68. The van der Waals surface area contributed by atoms with Gasteiger partial charge in [0.15, 0.2) is 0 Å². The number of hydrogen-bond acceptors (Lipinski definition) is 6. The Labute approximate surface area is 135 Å². The molecule has 1 aromatic carbocycles. The first kappa shape index (κ1) is 15.5. The van der Waals surface area contributed by atoms with Crippen LogP contribution in [0.2, 0.25) is 0 Å². The topological polar surface area (TPSA) is 64.8 Å². The first-order chi connectivity index (χ1) is 11.1. The summed E-state index contributed by atoms with van der Waals surface area (Å²) < 4.78 is 10.9. The van der Waals surface area contributed by atoms with E-state index in [1.54, 1.807) is 14.2 Å². The minimum atomic E-state index is -1.06. The summed E-state index contributed by atoms with van der Waals surface area (Å²) in [5.41, 5.74) is 0.758. The lowest BCUT2D eigenvalue weighted by Gasteiger charge is -2.31. The molecule has 2 aliphatic heterocycles. The third kappa shape index (κ3) is 2.69. The Morgan fingerprint density at radius 2 is 1.91 bits per heavy atom. The zero-order valence-corrected chi connectivity index (χ0v) is 13.8. The fourth-order valence-corrected chi connectivity index (χ4v) is 2.77. The average Bonchev–Trinajstić information content (AvgIpc) is 2.99. The van der Waals surface area contributed by atoms with Crippen molar-refractivity contribution in [1.82, 2.24) is 0 Å². The Morgan fingerprint density at radius 3 is 2.52 bits per heavy atom. The highest BCUT2D eigenvalue weighted by molar-refractivity contribution is 6.07. The predicted molar refractivity (Wildman–Crippen MR) is 88.9 cm³/mol. The molecular formula is C17H21N3O3. The molecule has 1 aromatic rings. The van der Waals surface area contributed by atoms with Gasteiger partial charge in [0.25, 0.3) is 5.90 Å². The second-order valence-electron chi connectivity index (χ2n) is 5.94. The van der Waals surface area contributed by atoms with Crippen molar-refractivity contribution in [3.8, 4) is 0 Å². The molecule has 6 nitrogen and oxygen atoms in total. The predicted octanol–water partition coefficient (Wildman–Crippen LogP) is 2.64. The highest BCUT2D eigenvalue weighted by Gasteiger charge is 2.50. The van der Waals surface area contributed by atoms with Crippen LogP contribution in [0.1, 0.15) is 25.8 Å². The molecule has 2 atom stereocenters. The molecule has 2 heterocycles. The maximum Gasteiger partial charge on any atom is 0.310 e. The second kappa shape index (κ2) is 6.02. The summed E-state index contributed by atoms with van der Waals surface area (Å²) in [6.07, 6.45) is 0.460. The molecule has 0 fully saturated rings. The molecule has 0 amide bonds. The Morgan fingerprint density at radius 1 is 1.17 bits per heavy atom. The lowest BCUT2D eigenvalue weighted by atomic mass is 9.97. The molecule has 6 heteroatoms. The van der Waals surface area contributed by atoms with Crippen LogP contribution in [0.15, 0.2) is 45.5 Å². The molecule has 0 bridgehead atoms. The van der Waals surface area contributed by atoms with Crippen LogP contribution in [-0.4, -0.2) is 43.5 Å². The van der Waals surface area contributed by atoms with Crippen molar-refractivity contribution in [2.45, 2.75) is 32.0 Å². The number of rotatable bonds is 2. The van der Waals surface area contributed by atoms with E-state index in [-0.39, 0.29) is 12.0 Å². The second-order valence-corrected chi connectivity index (χ2v) is 5.94. The van der Waals surface area contributed by atoms with Crippen molar-refractivity contribution in [3.63, 3.8) is 0 Å². The monoisotopic (exact) mass is 315 g/mol. The Balaban J connectivity index is 1.93. The van der Waals surface area contributed by atoms with Crippen LogP contribution in [0.5, 0.6) is 0 Å². The number of ether oxygens (including phenoxy) is 2. The summed E-state index contributed by atoms with van der Waals surface area (Å²) in [5.74, 6) is 1.23. The quantitative estimate of drug-likeness (QED) is 0.842. The number of benzene rings is 1. The number of aliphatic imine (C=N–C) groups is 2. The number of nitrogens with zero attached hydrogens (tertiary/aromatic N) is 3. The van der Waals surface area contributed by atoms with Gasteiger partial charge in [-0.05, 0) is 11.5 Å². The normalized spacial score (nSPS) is 26.5. The van der Waals surface area contributed by atoms with Crippen LogP contribution in [0.3, 0.4) is 0 Å². The van der Waals surface area contributed by atoms with Crippen molar-refractivity contribution in [3.05, 3.63) is 35.9 Å². The van der Waals surface area contributed by atoms with Gasteiger partial charge in [-0.1, -0.05) is 49.3 Å². The Kier molecular flexibility index (Phi) is 4.07. The average molecular weight is 315 g/mol. The molecule has 3 rings (SSSR count). The van der Waals surface area contributed by atoms with Gasteiger partial charge in [0.2, 0.25) is 5.90 Å². The third-order valence-electron chi connectivity index (χ3n) is 3.99. The summed E-state index contributed by atoms with van der Waals surface area (Å²) in [5, 5.41) is 4.21. The standard InChI is InChI=1S/C17H21N3O3/c1-11(2)14-15(21-3)19-17(16(18-14)22-4)10-13(20-23-17)12-8-6-5-7-9-12/h5-9,11,14H,10H2,1-4H3. The molecule has 0 saturated carbocycles. The van der Waals surface area contributed by atoms with E-state index in [2.05, 4.69) is 29.0 Å². The summed E-state index contributed by atoms with van der Waals surface area (Å²) in [6.45, 7) is 4.13. The first-order valence-corrected chi connectivity index (χ1v) is 7.66. The van der Waals surface area contributed by atoms with Gasteiger partial charge >= 0.3 is 5.72 Å². The van der Waals surface area contributed by atoms with Gasteiger partial charge in [0.05, 0.1) is 26.4 Å². The zero-order chi connectivity index (χ0) is 16.4. The fraction of sp³-hybridized carbons (Fsp3) is 0.471. The van der Waals surface area contributed by atoms with E-state index >= 15 is 0 Å². The van der Waals surface area contributed by atoms with E-state index in [9.17, 15) is 0 Å². The van der Waals surface area contributed by atoms with Crippen molar-refractivity contribution >= 4 is 17.5 Å². The van der Waals surface area contributed by atoms with Crippen molar-refractivity contribution < 1.29 is 14.3 Å². The summed E-state index contributed by atoms with van der Waals surface area (Å²) in [7, 11) is 3.18. The maximum atomic E-state index is 5.68. The minimum absolute atomic E-state index is 0.176. The molecule has 1 spiro atoms. The molecule has 0 radical (unpaired) electrons. The number of oxime groups is 1. The number of hydrogen-bond donors (Lipinski definition) is 0. The molecule has 2 aliphatic rings. The van der Waals surface area contributed by atoms with Gasteiger partial charge in [-0.2, -0.15) is 4.99 Å². The van der Waals surface area contributed by atoms with Crippen LogP contribution in [0.25, 0.3) is 0 Å². The van der Waals surface area contributed by atoms with Crippen molar-refractivity contribution in [2.24, 2.45) is 21.1 Å². The smallest absolute Gasteiger partial charge is 0.310 e. The minimum Gasteiger partial charge on any atom is -0.483 e. The van der Waals surface area contributed by atoms with Gasteiger partial charge < -0.3 is 14.3 Å². The van der Waals surface area contributed by atoms with E-state index < -0.39 is 5.72 Å². The SMILES string of the molecule is COC1=NC2(CC(c3ccccc3)=NO2)C(OC)=NC1C(C)C. The molecule has 0 saturated heterocycles. The summed E-state index contributed by atoms with van der Waals surface area (Å²) >= 11 is 0. The van der Waals surface area contributed by atoms with Crippen LogP contribution in [0, 0.1) is 5.92 Å². The zero-order valence-electron chi connectivity index (χ0n) is 13.8. The van der Waals surface area contributed by atoms with Crippen molar-refractivity contribution in [2.75, 3.05) is 14.2 Å². The fourth-order valence-electron chi connectivity index (χ4n) is 2.77. The van der Waals surface area contributed by atoms with Gasteiger partial charge in [0.1, 0.15) is 6.04 Å². The molecular weight excluding hydrogens is 294 g/mol. The van der Waals surface area contributed by atoms with E-state index in [4.69, 9.17) is 14.3 Å². The Hall–Kier alpha value is -2.37. The molecule has 0 aromatic heterocycles. The molecule has 2 unspecified atom stereocenters. The third-order valence-corrected chi connectivity index (χ3v) is 3.99. The van der Waals surface area contributed by atoms with E-state index in [1.165, 1.54) is 0 Å². The lowest BCUT2D eigenvalue weighted by Crippen LogP contribution is -2.46. The first-order valence-electron chi connectivity index (χ1n) is 7.66. The summed E-state index contributed by atoms with van der Waals surface area (Å²) in [4.78, 5) is 15.0. The van der Waals surface area contributed by atoms with Crippen LogP contribution >= 0.6 is 0 Å². The Bertz CT molecular complexity index is 667. The highest BCUT2D eigenvalue weighted by Crippen LogP contribution is 2.34. The van der Waals surface area contributed by atoms with E-state index in [0.29, 0.717) is 18.2 Å². The van der Waals surface area contributed by atoms with Crippen LogP contribution in [-0.2, 0) is 14.3 Å². The van der Waals surface area contributed by atoms with E-state index in [1.807, 2.05) is 30.3 Å². The van der Waals surface area contributed by atoms with Crippen LogP contribution < -0.4 is 0 Å². The van der Waals surface area contributed by atoms with Crippen molar-refractivity contribution in [1.29, 1.82) is 0 Å². The van der Waals surface area contributed by atoms with Gasteiger partial charge in [0, 0.05) is 0 Å². The van der Waals surface area contributed by atoms with Gasteiger partial charge in [-0.25, -0.2) is 4.99 Å². The van der Waals surface area contributed by atoms with E-state index in [0.717, 1.165) is 11.3 Å². The van der Waals surface area contributed by atoms with Crippen LogP contribution in [0.4, 0.5) is 0 Å². The van der Waals surface area contributed by atoms with Gasteiger partial charge in [-0.15, -0.1) is 0 Å². The molecule has 122 valence electrons. The van der Waals surface area contributed by atoms with Gasteiger partial charge in [-0.3, -0.25) is 0 Å². The number of methoxy groups -OCH3 is 2. The molecule has 0 N–H and O–H groups in total.